The molecule has 8 nitrogen and oxygen atoms in total. The highest BCUT2D eigenvalue weighted by Gasteiger charge is 2.41. The smallest absolute Gasteiger partial charge is 0.280 e. The highest BCUT2D eigenvalue weighted by Crippen LogP contribution is 2.31. The SMILES string of the molecule is Cc1cc(NC(=O)[C@@H]2C[C@H](c3cccs3)NS(=O)(=O)N2C)n(-c2ccccc2)n1. The summed E-state index contributed by atoms with van der Waals surface area (Å²) < 4.78 is 30.5. The summed E-state index contributed by atoms with van der Waals surface area (Å²) in [6.07, 6.45) is 0.334. The molecule has 3 heterocycles. The summed E-state index contributed by atoms with van der Waals surface area (Å²) in [5.41, 5.74) is 1.55. The number of hydrogen-bond acceptors (Lipinski definition) is 5. The Morgan fingerprint density at radius 2 is 2.00 bits per heavy atom. The summed E-state index contributed by atoms with van der Waals surface area (Å²) in [5, 5.41) is 9.19. The topological polar surface area (TPSA) is 96.3 Å². The van der Waals surface area contributed by atoms with Crippen molar-refractivity contribution < 1.29 is 13.2 Å². The van der Waals surface area contributed by atoms with Crippen molar-refractivity contribution in [3.05, 3.63) is 64.5 Å². The van der Waals surface area contributed by atoms with Crippen LogP contribution in [0.3, 0.4) is 0 Å². The summed E-state index contributed by atoms with van der Waals surface area (Å²) >= 11 is 1.46. The van der Waals surface area contributed by atoms with Crippen molar-refractivity contribution in [2.45, 2.75) is 25.4 Å². The normalized spacial score (nSPS) is 21.7. The molecule has 0 unspecified atom stereocenters. The van der Waals surface area contributed by atoms with Gasteiger partial charge in [-0.3, -0.25) is 4.79 Å². The van der Waals surface area contributed by atoms with Gasteiger partial charge in [0.05, 0.1) is 17.4 Å². The van der Waals surface area contributed by atoms with Crippen LogP contribution >= 0.6 is 11.3 Å². The van der Waals surface area contributed by atoms with Gasteiger partial charge in [0, 0.05) is 18.0 Å². The van der Waals surface area contributed by atoms with Crippen molar-refractivity contribution in [3.8, 4) is 5.69 Å². The third-order valence-corrected chi connectivity index (χ3v) is 7.42. The van der Waals surface area contributed by atoms with Crippen molar-refractivity contribution in [2.75, 3.05) is 12.4 Å². The minimum absolute atomic E-state index is 0.334. The molecule has 29 heavy (non-hydrogen) atoms. The predicted molar refractivity (Wildman–Crippen MR) is 112 cm³/mol. The number of hydrogen-bond donors (Lipinski definition) is 2. The average molecular weight is 432 g/mol. The number of aryl methyl sites for hydroxylation is 1. The highest BCUT2D eigenvalue weighted by molar-refractivity contribution is 7.87. The fourth-order valence-electron chi connectivity index (χ4n) is 3.35. The zero-order chi connectivity index (χ0) is 20.6. The molecule has 152 valence electrons. The van der Waals surface area contributed by atoms with E-state index in [1.54, 1.807) is 10.7 Å². The van der Waals surface area contributed by atoms with Crippen molar-refractivity contribution in [1.29, 1.82) is 0 Å². The number of carbonyl (C=O) groups is 1. The van der Waals surface area contributed by atoms with Crippen LogP contribution in [0, 0.1) is 6.92 Å². The Morgan fingerprint density at radius 1 is 1.24 bits per heavy atom. The van der Waals surface area contributed by atoms with E-state index in [0.717, 1.165) is 20.6 Å². The fraction of sp³-hybridized carbons (Fsp3) is 0.263. The van der Waals surface area contributed by atoms with Gasteiger partial charge < -0.3 is 5.32 Å². The van der Waals surface area contributed by atoms with Crippen molar-refractivity contribution in [3.63, 3.8) is 0 Å². The summed E-state index contributed by atoms with van der Waals surface area (Å²) in [7, 11) is -2.36. The lowest BCUT2D eigenvalue weighted by Crippen LogP contribution is -2.55. The van der Waals surface area contributed by atoms with Gasteiger partial charge in [0.15, 0.2) is 0 Å². The molecule has 4 rings (SSSR count). The zero-order valence-electron chi connectivity index (χ0n) is 15.9. The maximum absolute atomic E-state index is 13.1. The average Bonchev–Trinajstić information content (AvgIpc) is 3.34. The molecule has 0 radical (unpaired) electrons. The van der Waals surface area contributed by atoms with E-state index < -0.39 is 28.2 Å². The Morgan fingerprint density at radius 3 is 2.69 bits per heavy atom. The highest BCUT2D eigenvalue weighted by atomic mass is 32.2. The summed E-state index contributed by atoms with van der Waals surface area (Å²) in [6.45, 7) is 1.84. The van der Waals surface area contributed by atoms with Crippen LogP contribution in [-0.2, 0) is 15.0 Å². The molecule has 2 N–H and O–H groups in total. The number of benzene rings is 1. The Balaban J connectivity index is 1.61. The van der Waals surface area contributed by atoms with Gasteiger partial charge in [0.25, 0.3) is 10.2 Å². The molecule has 3 aromatic rings. The Bertz CT molecular complexity index is 1110. The molecule has 0 saturated carbocycles. The Labute approximate surface area is 173 Å². The minimum atomic E-state index is -3.77. The van der Waals surface area contributed by atoms with E-state index in [4.69, 9.17) is 0 Å². The molecule has 1 aromatic carbocycles. The van der Waals surface area contributed by atoms with Gasteiger partial charge in [-0.2, -0.15) is 22.5 Å². The number of aromatic nitrogens is 2. The van der Waals surface area contributed by atoms with Crippen LogP contribution in [-0.4, -0.2) is 41.5 Å². The van der Waals surface area contributed by atoms with E-state index in [1.807, 2.05) is 54.8 Å². The van der Waals surface area contributed by atoms with Gasteiger partial charge in [-0.1, -0.05) is 24.3 Å². The first-order chi connectivity index (χ1) is 13.8. The number of para-hydroxylation sites is 1. The van der Waals surface area contributed by atoms with Crippen molar-refractivity contribution in [2.24, 2.45) is 0 Å². The molecule has 1 saturated heterocycles. The van der Waals surface area contributed by atoms with Crippen LogP contribution in [0.5, 0.6) is 0 Å². The number of rotatable bonds is 4. The molecule has 1 aliphatic rings. The lowest BCUT2D eigenvalue weighted by Gasteiger charge is -2.35. The number of anilines is 1. The first-order valence-corrected chi connectivity index (χ1v) is 11.4. The number of likely N-dealkylation sites (N-methyl/N-ethyl adjacent to an activating group) is 1. The standard InChI is InChI=1S/C19H21N5O3S2/c1-13-11-18(24(21-13)14-7-4-3-5-8-14)20-19(25)16-12-15(17-9-6-10-28-17)22-29(26,27)23(16)2/h3-11,15-16,22H,12H2,1-2H3,(H,20,25)/t15-,16+/m1/s1. The van der Waals surface area contributed by atoms with Gasteiger partial charge >= 0.3 is 0 Å². The zero-order valence-corrected chi connectivity index (χ0v) is 17.6. The van der Waals surface area contributed by atoms with Crippen LogP contribution in [0.2, 0.25) is 0 Å². The molecule has 0 spiro atoms. The molecule has 0 aliphatic carbocycles. The van der Waals surface area contributed by atoms with Crippen LogP contribution < -0.4 is 10.0 Å². The number of thiophene rings is 1. The van der Waals surface area contributed by atoms with E-state index >= 15 is 0 Å². The summed E-state index contributed by atoms with van der Waals surface area (Å²) in [4.78, 5) is 14.0. The van der Waals surface area contributed by atoms with Gasteiger partial charge in [-0.25, -0.2) is 4.68 Å². The molecule has 1 amide bonds. The quantitative estimate of drug-likeness (QED) is 0.663. The third kappa shape index (κ3) is 3.97. The van der Waals surface area contributed by atoms with Gasteiger partial charge in [0.1, 0.15) is 11.9 Å². The molecular formula is C19H21N5O3S2. The van der Waals surface area contributed by atoms with Gasteiger partial charge in [0.2, 0.25) is 5.91 Å². The molecule has 2 atom stereocenters. The van der Waals surface area contributed by atoms with Crippen LogP contribution in [0.25, 0.3) is 5.69 Å². The number of nitrogens with zero attached hydrogens (tertiary/aromatic N) is 3. The van der Waals surface area contributed by atoms with E-state index in [-0.39, 0.29) is 0 Å². The summed E-state index contributed by atoms with van der Waals surface area (Å²) in [5.74, 6) is 0.104. The van der Waals surface area contributed by atoms with E-state index in [2.05, 4.69) is 15.1 Å². The Hall–Kier alpha value is -2.53. The molecular weight excluding hydrogens is 410 g/mol. The molecule has 1 aliphatic heterocycles. The van der Waals surface area contributed by atoms with Crippen LogP contribution in [0.4, 0.5) is 5.82 Å². The lowest BCUT2D eigenvalue weighted by molar-refractivity contribution is -0.120. The van der Waals surface area contributed by atoms with E-state index in [1.165, 1.54) is 18.4 Å². The lowest BCUT2D eigenvalue weighted by atomic mass is 10.1. The third-order valence-electron chi connectivity index (χ3n) is 4.84. The monoisotopic (exact) mass is 431 g/mol. The fourth-order valence-corrected chi connectivity index (χ4v) is 5.48. The Kier molecular flexibility index (Phi) is 5.26. The van der Waals surface area contributed by atoms with Gasteiger partial charge in [-0.15, -0.1) is 11.3 Å². The largest absolute Gasteiger partial charge is 0.309 e. The number of amides is 1. The second-order valence-electron chi connectivity index (χ2n) is 6.87. The van der Waals surface area contributed by atoms with Crippen LogP contribution in [0.15, 0.2) is 53.9 Å². The van der Waals surface area contributed by atoms with Crippen LogP contribution in [0.1, 0.15) is 23.0 Å². The van der Waals surface area contributed by atoms with Crippen molar-refractivity contribution >= 4 is 33.3 Å². The number of nitrogens with one attached hydrogen (secondary N) is 2. The maximum Gasteiger partial charge on any atom is 0.280 e. The second-order valence-corrected chi connectivity index (χ2v) is 9.61. The van der Waals surface area contributed by atoms with E-state index in [0.29, 0.717) is 12.2 Å². The van der Waals surface area contributed by atoms with Crippen molar-refractivity contribution in [1.82, 2.24) is 18.8 Å². The molecule has 0 bridgehead atoms. The minimum Gasteiger partial charge on any atom is -0.309 e. The summed E-state index contributed by atoms with van der Waals surface area (Å²) in [6, 6.07) is 13.7. The molecule has 2 aromatic heterocycles. The van der Waals surface area contributed by atoms with E-state index in [9.17, 15) is 13.2 Å². The molecule has 1 fully saturated rings. The first-order valence-electron chi connectivity index (χ1n) is 9.07. The first kappa shape index (κ1) is 19.8. The van der Waals surface area contributed by atoms with Gasteiger partial charge in [-0.05, 0) is 36.9 Å². The predicted octanol–water partition coefficient (Wildman–Crippen LogP) is 2.46. The molecule has 10 heteroatoms. The second kappa shape index (κ2) is 7.71. The maximum atomic E-state index is 13.1. The number of carbonyl (C=O) groups excluding carboxylic acids is 1.